The minimum Gasteiger partial charge on any atom is -0.460 e. The first kappa shape index (κ1) is 64.9. The van der Waals surface area contributed by atoms with Crippen LogP contribution in [0.4, 0.5) is 56.5 Å². The van der Waals surface area contributed by atoms with Gasteiger partial charge in [-0.15, -0.1) is 0 Å². The molecule has 10 rings (SSSR count). The molecule has 4 aromatic carbocycles. The van der Waals surface area contributed by atoms with E-state index < -0.39 is 25.5 Å². The van der Waals surface area contributed by atoms with E-state index in [0.29, 0.717) is 62.2 Å². The van der Waals surface area contributed by atoms with Crippen molar-refractivity contribution in [1.82, 2.24) is 25.3 Å². The van der Waals surface area contributed by atoms with Crippen LogP contribution < -0.4 is 47.4 Å². The zero-order valence-corrected chi connectivity index (χ0v) is 54.5. The van der Waals surface area contributed by atoms with E-state index >= 15 is 0 Å². The van der Waals surface area contributed by atoms with Crippen LogP contribution in [0.3, 0.4) is 0 Å². The number of rotatable bonds is 13. The van der Waals surface area contributed by atoms with Gasteiger partial charge < -0.3 is 55.4 Å². The number of esters is 1. The monoisotopic (exact) mass is 1260 g/mol. The summed E-state index contributed by atoms with van der Waals surface area (Å²) in [7, 11) is -4.90. The van der Waals surface area contributed by atoms with Crippen molar-refractivity contribution >= 4 is 123 Å². The zero-order valence-electron chi connectivity index (χ0n) is 50.5. The maximum Gasteiger partial charge on any atom is 0.407 e. The number of aromatic nitrogens is 4. The third kappa shape index (κ3) is 18.5. The minimum absolute atomic E-state index is 0.0696. The van der Waals surface area contributed by atoms with Crippen molar-refractivity contribution in [1.29, 1.82) is 0 Å². The van der Waals surface area contributed by atoms with Crippen molar-refractivity contribution < 1.29 is 28.2 Å². The van der Waals surface area contributed by atoms with Crippen LogP contribution in [-0.2, 0) is 23.4 Å². The Morgan fingerprint density at radius 1 is 0.612 bits per heavy atom. The molecular weight excluding hydrogens is 1180 g/mol. The SMILES string of the molecule is CC(C)(C)OC(=O)CC1CC2(CCN(c3ccc(Nc4ncc(Cl)c(Nc5ccccc5P(C)(C)=O)n4)cc3)CC2)C1.CC(C)(C)OC(=O)NC1CC2(CCN(c3ccc(N)cc3)CC2)C1.CP(C)(=O)c1ccccc1Nc1nc(Cl)ncc1Cl. The quantitative estimate of drug-likeness (QED) is 0.0314. The van der Waals surface area contributed by atoms with E-state index in [9.17, 15) is 18.7 Å². The first-order valence-corrected chi connectivity index (χ1v) is 35.2. The maximum absolute atomic E-state index is 12.8. The number of para-hydroxylation sites is 2. The number of nitrogens with two attached hydrogens (primary N) is 1. The van der Waals surface area contributed by atoms with Gasteiger partial charge in [-0.2, -0.15) is 9.97 Å². The van der Waals surface area contributed by atoms with Crippen LogP contribution in [0.5, 0.6) is 0 Å². The number of carbonyl (C=O) groups excluding carboxylic acids is 2. The summed E-state index contributed by atoms with van der Waals surface area (Å²) in [5, 5.41) is 14.9. The summed E-state index contributed by atoms with van der Waals surface area (Å²) < 4.78 is 35.9. The molecular formula is C63H82Cl3N11O6P2. The lowest BCUT2D eigenvalue weighted by Crippen LogP contribution is -2.55. The number of hydrogen-bond donors (Lipinski definition) is 5. The molecule has 4 fully saturated rings. The molecule has 17 nitrogen and oxygen atoms in total. The molecule has 0 radical (unpaired) electrons. The molecule has 0 unspecified atom stereocenters. The molecule has 2 saturated heterocycles. The molecule has 22 heteroatoms. The van der Waals surface area contributed by atoms with E-state index in [4.69, 9.17) is 50.0 Å². The predicted molar refractivity (Wildman–Crippen MR) is 351 cm³/mol. The van der Waals surface area contributed by atoms with Gasteiger partial charge in [-0.05, 0) is 221 Å². The molecule has 2 aliphatic carbocycles. The Labute approximate surface area is 516 Å². The van der Waals surface area contributed by atoms with Gasteiger partial charge in [-0.25, -0.2) is 14.8 Å². The minimum atomic E-state index is -2.50. The second-order valence-electron chi connectivity index (χ2n) is 25.8. The molecule has 1 amide bonds. The summed E-state index contributed by atoms with van der Waals surface area (Å²) in [6.07, 6.45) is 12.3. The summed E-state index contributed by atoms with van der Waals surface area (Å²) in [4.78, 5) is 45.6. The number of amides is 1. The van der Waals surface area contributed by atoms with E-state index in [1.807, 2.05) is 114 Å². The first-order valence-electron chi connectivity index (χ1n) is 28.9. The van der Waals surface area contributed by atoms with Gasteiger partial charge in [0.05, 0.1) is 23.8 Å². The Hall–Kier alpha value is -6.09. The summed E-state index contributed by atoms with van der Waals surface area (Å²) >= 11 is 18.1. The van der Waals surface area contributed by atoms with E-state index in [1.165, 1.54) is 30.4 Å². The highest BCUT2D eigenvalue weighted by molar-refractivity contribution is 7.70. The number of nitrogen functional groups attached to an aromatic ring is 1. The Morgan fingerprint density at radius 3 is 1.54 bits per heavy atom. The van der Waals surface area contributed by atoms with Crippen molar-refractivity contribution in [2.24, 2.45) is 16.7 Å². The smallest absolute Gasteiger partial charge is 0.407 e. The van der Waals surface area contributed by atoms with E-state index in [1.54, 1.807) is 32.9 Å². The molecule has 2 saturated carbocycles. The molecule has 6 aromatic rings. The second-order valence-corrected chi connectivity index (χ2v) is 33.3. The Morgan fingerprint density at radius 2 is 1.06 bits per heavy atom. The number of halogens is 3. The molecule has 0 atom stereocenters. The number of piperidine rings is 2. The van der Waals surface area contributed by atoms with Gasteiger partial charge in [-0.1, -0.05) is 47.5 Å². The topological polar surface area (TPSA) is 219 Å². The number of hydrogen-bond acceptors (Lipinski definition) is 16. The number of nitrogens with zero attached hydrogens (tertiary/aromatic N) is 6. The number of ether oxygens (including phenoxy) is 2. The zero-order chi connectivity index (χ0) is 61.5. The summed E-state index contributed by atoms with van der Waals surface area (Å²) in [5.41, 5.74) is 11.2. The van der Waals surface area contributed by atoms with E-state index in [2.05, 4.69) is 75.3 Å². The van der Waals surface area contributed by atoms with Crippen LogP contribution >= 0.6 is 49.1 Å². The van der Waals surface area contributed by atoms with Crippen LogP contribution in [0.25, 0.3) is 0 Å². The molecule has 0 bridgehead atoms. The Kier molecular flexibility index (Phi) is 20.5. The standard InChI is InChI=1S/C32H41ClN5O3P.C19H29N3O2.C12H12Cl2N3OP/c1-31(2,3)41-28(39)18-22-19-32(20-22)14-16-38(17-15-32)24-12-10-23(11-13-24)35-30-34-21-25(33)29(37-30)36-26-8-6-7-9-27(26)42(4,5)40;1-18(2,3)24-17(23)21-15-12-19(13-15)8-10-22(11-9-19)16-6-4-14(20)5-7-16;1-19(2,18)10-6-4-3-5-9(10)16-11-8(13)7-15-12(14)17-11/h6-13,21-22H,14-20H2,1-5H3,(H2,34,35,36,37);4-7,15H,8-13,20H2,1-3H3,(H,21,23);3-7H,1-2H3,(H,15,16,17). The number of anilines is 9. The van der Waals surface area contributed by atoms with Crippen LogP contribution in [0, 0.1) is 16.7 Å². The van der Waals surface area contributed by atoms with Gasteiger partial charge >= 0.3 is 12.1 Å². The first-order chi connectivity index (χ1) is 39.9. The van der Waals surface area contributed by atoms with Crippen molar-refractivity contribution in [3.8, 4) is 0 Å². The van der Waals surface area contributed by atoms with Crippen LogP contribution in [0.1, 0.15) is 99.3 Å². The number of benzene rings is 4. The van der Waals surface area contributed by atoms with Crippen LogP contribution in [0.2, 0.25) is 15.3 Å². The van der Waals surface area contributed by atoms with Gasteiger partial charge in [0.1, 0.15) is 35.5 Å². The average Bonchev–Trinajstić information content (AvgIpc) is 1.57. The lowest BCUT2D eigenvalue weighted by Gasteiger charge is -2.52. The molecule has 2 spiro atoms. The van der Waals surface area contributed by atoms with Crippen molar-refractivity contribution in [2.45, 2.75) is 117 Å². The van der Waals surface area contributed by atoms with Gasteiger partial charge in [0.2, 0.25) is 11.2 Å². The maximum atomic E-state index is 12.8. The van der Waals surface area contributed by atoms with E-state index in [0.717, 1.165) is 86.7 Å². The van der Waals surface area contributed by atoms with Gasteiger partial charge in [0.15, 0.2) is 11.6 Å². The molecule has 4 heterocycles. The van der Waals surface area contributed by atoms with Crippen molar-refractivity contribution in [2.75, 3.05) is 84.3 Å². The van der Waals surface area contributed by atoms with Gasteiger partial charge in [0.25, 0.3) is 0 Å². The predicted octanol–water partition coefficient (Wildman–Crippen LogP) is 14.9. The fourth-order valence-corrected chi connectivity index (χ4v) is 14.4. The normalized spacial score (nSPS) is 17.4. The largest absolute Gasteiger partial charge is 0.460 e. The average molecular weight is 1260 g/mol. The Bertz CT molecular complexity index is 3370. The van der Waals surface area contributed by atoms with Gasteiger partial charge in [0, 0.05) is 72.0 Å². The molecule has 456 valence electrons. The second kappa shape index (κ2) is 26.9. The van der Waals surface area contributed by atoms with E-state index in [-0.39, 0.29) is 23.4 Å². The Balaban J connectivity index is 0.000000184. The number of carbonyl (C=O) groups is 2. The third-order valence-corrected chi connectivity index (χ3v) is 19.6. The summed E-state index contributed by atoms with van der Waals surface area (Å²) in [6.45, 7) is 22.5. The highest BCUT2D eigenvalue weighted by Crippen LogP contribution is 2.54. The molecule has 85 heavy (non-hydrogen) atoms. The molecule has 2 aliphatic heterocycles. The number of alkyl carbamates (subject to hydrolysis) is 1. The highest BCUT2D eigenvalue weighted by Gasteiger charge is 2.48. The third-order valence-electron chi connectivity index (χ3n) is 15.7. The summed E-state index contributed by atoms with van der Waals surface area (Å²) in [5.74, 6) is 1.63. The molecule has 2 aromatic heterocycles. The highest BCUT2D eigenvalue weighted by atomic mass is 35.5. The molecule has 6 N–H and O–H groups in total. The lowest BCUT2D eigenvalue weighted by atomic mass is 9.57. The molecule has 4 aliphatic rings. The van der Waals surface area contributed by atoms with Crippen molar-refractivity contribution in [3.63, 3.8) is 0 Å². The lowest BCUT2D eigenvalue weighted by molar-refractivity contribution is -0.158. The summed E-state index contributed by atoms with van der Waals surface area (Å²) in [6, 6.07) is 31.5. The van der Waals surface area contributed by atoms with Crippen LogP contribution in [0.15, 0.2) is 109 Å². The van der Waals surface area contributed by atoms with Crippen LogP contribution in [-0.4, -0.2) is 102 Å². The number of nitrogens with one attached hydrogen (secondary N) is 4. The van der Waals surface area contributed by atoms with Crippen molar-refractivity contribution in [3.05, 3.63) is 125 Å². The van der Waals surface area contributed by atoms with Gasteiger partial charge in [-0.3, -0.25) is 4.79 Å². The fraction of sp³-hybridized carbons (Fsp3) is 0.460. The fourth-order valence-electron chi connectivity index (χ4n) is 11.7.